The minimum Gasteiger partial charge on any atom is -0.453 e. The Kier molecular flexibility index (Phi) is 6.32. The molecule has 8 nitrogen and oxygen atoms in total. The Morgan fingerprint density at radius 2 is 1.22 bits per heavy atom. The standard InChI is InChI=1S/C31H24Cl2N2O6/c1-16(26(37)17-9-3-2-4-10-17)41-29(40)22(15-23(34)36)35-27(38)24-25(28(35)39)31(33)19-12-6-5-11-18(19)30(24,32)20-13-7-8-14-21(20)31/h2-14,16,22,24-25H,15H2,1H3,(H2,34,36)/t16-,22+,24+,25+,30?,31?/m0/s1. The third kappa shape index (κ3) is 3.70. The molecule has 3 amide bonds. The summed E-state index contributed by atoms with van der Waals surface area (Å²) in [5.41, 5.74) is 8.14. The van der Waals surface area contributed by atoms with E-state index in [1.807, 2.05) is 0 Å². The lowest BCUT2D eigenvalue weighted by molar-refractivity contribution is -0.161. The van der Waals surface area contributed by atoms with Crippen molar-refractivity contribution in [3.63, 3.8) is 0 Å². The number of amides is 3. The van der Waals surface area contributed by atoms with Crippen LogP contribution in [0.1, 0.15) is 46.0 Å². The van der Waals surface area contributed by atoms with Crippen LogP contribution in [0.3, 0.4) is 0 Å². The van der Waals surface area contributed by atoms with Crippen LogP contribution >= 0.6 is 23.2 Å². The van der Waals surface area contributed by atoms with E-state index in [9.17, 15) is 24.0 Å². The molecule has 0 unspecified atom stereocenters. The normalized spacial score (nSPS) is 27.0. The van der Waals surface area contributed by atoms with Gasteiger partial charge >= 0.3 is 5.97 Å². The summed E-state index contributed by atoms with van der Waals surface area (Å²) >= 11 is 14.8. The maximum Gasteiger partial charge on any atom is 0.330 e. The number of nitrogens with zero attached hydrogens (tertiary/aromatic N) is 1. The van der Waals surface area contributed by atoms with E-state index < -0.39 is 69.6 Å². The van der Waals surface area contributed by atoms with E-state index in [1.165, 1.54) is 6.92 Å². The van der Waals surface area contributed by atoms with Gasteiger partial charge in [0.15, 0.2) is 6.10 Å². The van der Waals surface area contributed by atoms with Crippen molar-refractivity contribution in [1.29, 1.82) is 0 Å². The number of primary amides is 1. The lowest BCUT2D eigenvalue weighted by Gasteiger charge is -2.54. The zero-order valence-electron chi connectivity index (χ0n) is 21.8. The average Bonchev–Trinajstić information content (AvgIpc) is 3.25. The fourth-order valence-corrected chi connectivity index (χ4v) is 7.71. The molecule has 41 heavy (non-hydrogen) atoms. The van der Waals surface area contributed by atoms with Crippen molar-refractivity contribution in [3.05, 3.63) is 107 Å². The SMILES string of the molecule is C[C@H](OC(=O)[C@@H](CC(N)=O)N1C(=O)[C@H]2[C@H](C1=O)C1(Cl)c3ccccc3C2(Cl)c2ccccc21)C(=O)c1ccccc1. The van der Waals surface area contributed by atoms with Crippen molar-refractivity contribution in [2.24, 2.45) is 17.6 Å². The molecule has 3 aliphatic carbocycles. The Hall–Kier alpha value is -4.01. The Balaban J connectivity index is 1.41. The van der Waals surface area contributed by atoms with Gasteiger partial charge in [0, 0.05) is 5.56 Å². The van der Waals surface area contributed by atoms with Gasteiger partial charge in [-0.15, -0.1) is 23.2 Å². The number of hydrogen-bond acceptors (Lipinski definition) is 6. The third-order valence-corrected chi connectivity index (χ3v) is 9.60. The van der Waals surface area contributed by atoms with E-state index in [2.05, 4.69) is 0 Å². The fraction of sp³-hybridized carbons (Fsp3) is 0.258. The number of carbonyl (C=O) groups excluding carboxylic acids is 5. The van der Waals surface area contributed by atoms with Crippen LogP contribution in [0.2, 0.25) is 0 Å². The molecular weight excluding hydrogens is 567 g/mol. The molecule has 7 rings (SSSR count). The number of carbonyl (C=O) groups is 5. The predicted octanol–water partition coefficient (Wildman–Crippen LogP) is 3.64. The predicted molar refractivity (Wildman–Crippen MR) is 149 cm³/mol. The van der Waals surface area contributed by atoms with Gasteiger partial charge < -0.3 is 10.5 Å². The highest BCUT2D eigenvalue weighted by Crippen LogP contribution is 2.69. The number of hydrogen-bond donors (Lipinski definition) is 1. The number of Topliss-reactive ketones (excluding diaryl/α,β-unsaturated/α-hetero) is 1. The molecule has 10 heteroatoms. The summed E-state index contributed by atoms with van der Waals surface area (Å²) < 4.78 is 5.43. The first-order valence-electron chi connectivity index (χ1n) is 13.1. The summed E-state index contributed by atoms with van der Waals surface area (Å²) in [6.07, 6.45) is -1.97. The smallest absolute Gasteiger partial charge is 0.330 e. The van der Waals surface area contributed by atoms with Gasteiger partial charge in [0.2, 0.25) is 23.5 Å². The molecule has 0 aromatic heterocycles. The summed E-state index contributed by atoms with van der Waals surface area (Å²) in [6, 6.07) is 20.7. The minimum absolute atomic E-state index is 0.305. The molecule has 4 atom stereocenters. The first kappa shape index (κ1) is 27.2. The number of imide groups is 1. The summed E-state index contributed by atoms with van der Waals surface area (Å²) in [4.78, 5) is 64.7. The Morgan fingerprint density at radius 3 is 1.63 bits per heavy atom. The maximum atomic E-state index is 14.2. The van der Waals surface area contributed by atoms with E-state index in [0.717, 1.165) is 0 Å². The summed E-state index contributed by atoms with van der Waals surface area (Å²) in [6.45, 7) is 1.37. The monoisotopic (exact) mass is 590 g/mol. The van der Waals surface area contributed by atoms with Gasteiger partial charge in [-0.1, -0.05) is 78.9 Å². The van der Waals surface area contributed by atoms with Gasteiger partial charge in [-0.25, -0.2) is 4.79 Å². The number of ether oxygens (including phenoxy) is 1. The van der Waals surface area contributed by atoms with Gasteiger partial charge in [-0.3, -0.25) is 24.1 Å². The highest BCUT2D eigenvalue weighted by Gasteiger charge is 2.74. The largest absolute Gasteiger partial charge is 0.453 e. The Morgan fingerprint density at radius 1 is 0.805 bits per heavy atom. The third-order valence-electron chi connectivity index (χ3n) is 8.32. The molecule has 0 saturated carbocycles. The highest BCUT2D eigenvalue weighted by molar-refractivity contribution is 6.36. The van der Waals surface area contributed by atoms with E-state index in [4.69, 9.17) is 33.7 Å². The molecule has 4 aliphatic rings. The van der Waals surface area contributed by atoms with Crippen molar-refractivity contribution >= 4 is 52.7 Å². The van der Waals surface area contributed by atoms with Gasteiger partial charge in [0.05, 0.1) is 18.3 Å². The summed E-state index contributed by atoms with van der Waals surface area (Å²) in [5.74, 6) is -6.44. The molecule has 1 heterocycles. The second kappa shape index (κ2) is 9.53. The molecule has 1 fully saturated rings. The van der Waals surface area contributed by atoms with Crippen molar-refractivity contribution in [2.45, 2.75) is 35.2 Å². The second-order valence-electron chi connectivity index (χ2n) is 10.5. The van der Waals surface area contributed by atoms with Gasteiger partial charge in [-0.05, 0) is 29.2 Å². The number of esters is 1. The number of halogens is 2. The van der Waals surface area contributed by atoms with Crippen LogP contribution in [0, 0.1) is 11.8 Å². The van der Waals surface area contributed by atoms with Crippen molar-refractivity contribution in [2.75, 3.05) is 0 Å². The molecule has 208 valence electrons. The molecule has 2 bridgehead atoms. The first-order chi connectivity index (χ1) is 19.5. The van der Waals surface area contributed by atoms with Crippen LogP contribution in [0.15, 0.2) is 78.9 Å². The van der Waals surface area contributed by atoms with E-state index >= 15 is 0 Å². The molecule has 3 aromatic carbocycles. The quantitative estimate of drug-likeness (QED) is 0.194. The fourth-order valence-electron chi connectivity index (χ4n) is 6.61. The number of benzene rings is 3. The van der Waals surface area contributed by atoms with Crippen LogP contribution in [-0.2, 0) is 33.7 Å². The van der Waals surface area contributed by atoms with Crippen LogP contribution in [-0.4, -0.2) is 46.5 Å². The summed E-state index contributed by atoms with van der Waals surface area (Å²) in [5, 5.41) is 0. The molecule has 0 spiro atoms. The number of rotatable bonds is 7. The van der Waals surface area contributed by atoms with Crippen molar-refractivity contribution < 1.29 is 28.7 Å². The van der Waals surface area contributed by atoms with Crippen LogP contribution in [0.4, 0.5) is 0 Å². The second-order valence-corrected chi connectivity index (χ2v) is 11.7. The van der Waals surface area contributed by atoms with Crippen LogP contribution in [0.25, 0.3) is 0 Å². The summed E-state index contributed by atoms with van der Waals surface area (Å²) in [7, 11) is 0. The lowest BCUT2D eigenvalue weighted by atomic mass is 9.54. The average molecular weight is 591 g/mol. The molecule has 0 radical (unpaired) electrons. The van der Waals surface area contributed by atoms with E-state index in [1.54, 1.807) is 78.9 Å². The van der Waals surface area contributed by atoms with Crippen LogP contribution in [0.5, 0.6) is 0 Å². The first-order valence-corrected chi connectivity index (χ1v) is 13.8. The topological polar surface area (TPSA) is 124 Å². The van der Waals surface area contributed by atoms with Crippen molar-refractivity contribution in [3.8, 4) is 0 Å². The molecule has 3 aromatic rings. The highest BCUT2D eigenvalue weighted by atomic mass is 35.5. The van der Waals surface area contributed by atoms with Gasteiger partial charge in [0.1, 0.15) is 15.8 Å². The Bertz CT molecular complexity index is 1520. The molecule has 2 N–H and O–H groups in total. The van der Waals surface area contributed by atoms with Crippen LogP contribution < -0.4 is 5.73 Å². The maximum absolute atomic E-state index is 14.2. The zero-order chi connectivity index (χ0) is 29.3. The van der Waals surface area contributed by atoms with Crippen molar-refractivity contribution in [1.82, 2.24) is 4.90 Å². The zero-order valence-corrected chi connectivity index (χ0v) is 23.3. The van der Waals surface area contributed by atoms with E-state index in [0.29, 0.717) is 32.7 Å². The number of alkyl halides is 2. The molecule has 1 aliphatic heterocycles. The number of nitrogens with two attached hydrogens (primary N) is 1. The van der Waals surface area contributed by atoms with E-state index in [-0.39, 0.29) is 0 Å². The molecule has 1 saturated heterocycles. The van der Waals surface area contributed by atoms with Gasteiger partial charge in [-0.2, -0.15) is 0 Å². The lowest BCUT2D eigenvalue weighted by Crippen LogP contribution is -2.57. The molecular formula is C31H24Cl2N2O6. The number of likely N-dealkylation sites (tertiary alicyclic amines) is 1. The minimum atomic E-state index is -1.71. The van der Waals surface area contributed by atoms with Gasteiger partial charge in [0.25, 0.3) is 0 Å². The number of ketones is 1. The Labute approximate surface area is 245 Å².